The molecule has 2 unspecified atom stereocenters. The van der Waals surface area contributed by atoms with Crippen LogP contribution in [-0.2, 0) is 0 Å². The predicted octanol–water partition coefficient (Wildman–Crippen LogP) is 4.44. The van der Waals surface area contributed by atoms with Crippen LogP contribution in [0.15, 0.2) is 24.3 Å². The summed E-state index contributed by atoms with van der Waals surface area (Å²) in [7, 11) is 0. The zero-order valence-electron chi connectivity index (χ0n) is 22.7. The molecule has 1 amide bonds. The van der Waals surface area contributed by atoms with E-state index in [1.165, 1.54) is 0 Å². The van der Waals surface area contributed by atoms with Gasteiger partial charge in [0.25, 0.3) is 0 Å². The van der Waals surface area contributed by atoms with Crippen LogP contribution in [0.1, 0.15) is 54.4 Å². The molecule has 3 N–H and O–H groups in total. The van der Waals surface area contributed by atoms with Gasteiger partial charge in [0.2, 0.25) is 5.91 Å². The number of hydrogen-bond donors (Lipinski definition) is 2. The zero-order chi connectivity index (χ0) is 27.6. The average molecular weight is 565 g/mol. The second-order valence-electron chi connectivity index (χ2n) is 11.9. The lowest BCUT2D eigenvalue weighted by atomic mass is 9.95. The Balaban J connectivity index is 1.35. The van der Waals surface area contributed by atoms with Gasteiger partial charge < -0.3 is 20.7 Å². The summed E-state index contributed by atoms with van der Waals surface area (Å²) in [5, 5.41) is 4.45. The lowest BCUT2D eigenvalue weighted by molar-refractivity contribution is 0.100. The minimum Gasteiger partial charge on any atom is -0.461 e. The zero-order valence-corrected chi connectivity index (χ0v) is 23.4. The molecule has 2 aromatic carbocycles. The molecule has 40 heavy (non-hydrogen) atoms. The molecule has 0 spiro atoms. The van der Waals surface area contributed by atoms with E-state index >= 15 is 4.39 Å². The van der Waals surface area contributed by atoms with Gasteiger partial charge in [-0.2, -0.15) is 9.97 Å². The maximum Gasteiger partial charge on any atom is 0.319 e. The van der Waals surface area contributed by atoms with Crippen molar-refractivity contribution in [2.24, 2.45) is 5.73 Å². The molecule has 0 radical (unpaired) electrons. The second-order valence-corrected chi connectivity index (χ2v) is 12.3. The van der Waals surface area contributed by atoms with Gasteiger partial charge in [-0.1, -0.05) is 17.7 Å². The molecule has 2 atom stereocenters. The number of nitrogens with zero attached hydrogens (tertiary/aromatic N) is 4. The van der Waals surface area contributed by atoms with Crippen LogP contribution in [0, 0.1) is 12.7 Å². The number of fused-ring (bicyclic) bond motifs is 4. The van der Waals surface area contributed by atoms with Crippen LogP contribution in [0.4, 0.5) is 10.2 Å². The first-order valence-electron chi connectivity index (χ1n) is 14.3. The number of primary amides is 1. The number of nitrogens with one attached hydrogen (secondary N) is 1. The van der Waals surface area contributed by atoms with E-state index in [4.69, 9.17) is 27.1 Å². The van der Waals surface area contributed by atoms with E-state index in [1.807, 2.05) is 6.92 Å². The number of amides is 1. The number of ether oxygens (including phenoxy) is 1. The van der Waals surface area contributed by atoms with Gasteiger partial charge in [-0.3, -0.25) is 9.69 Å². The fourth-order valence-electron chi connectivity index (χ4n) is 7.39. The first-order chi connectivity index (χ1) is 19.3. The van der Waals surface area contributed by atoms with Crippen LogP contribution in [0.2, 0.25) is 5.02 Å². The quantitative estimate of drug-likeness (QED) is 0.457. The summed E-state index contributed by atoms with van der Waals surface area (Å²) in [6, 6.07) is 7.66. The Kier molecular flexibility index (Phi) is 6.36. The van der Waals surface area contributed by atoms with Crippen molar-refractivity contribution in [2.75, 3.05) is 37.7 Å². The van der Waals surface area contributed by atoms with Crippen LogP contribution in [0.25, 0.3) is 22.0 Å². The number of aryl methyl sites for hydroxylation is 1. The Morgan fingerprint density at radius 2 is 1.90 bits per heavy atom. The van der Waals surface area contributed by atoms with E-state index in [1.54, 1.807) is 24.3 Å². The summed E-state index contributed by atoms with van der Waals surface area (Å²) in [5.74, 6) is -0.486. The molecule has 1 aromatic heterocycles. The topological polar surface area (TPSA) is 96.6 Å². The molecule has 0 saturated carbocycles. The molecule has 5 heterocycles. The molecule has 3 aromatic rings. The second kappa shape index (κ2) is 9.82. The van der Waals surface area contributed by atoms with E-state index in [9.17, 15) is 4.79 Å². The summed E-state index contributed by atoms with van der Waals surface area (Å²) >= 11 is 6.80. The Labute approximate surface area is 238 Å². The van der Waals surface area contributed by atoms with Crippen LogP contribution >= 0.6 is 11.6 Å². The largest absolute Gasteiger partial charge is 0.461 e. The minimum atomic E-state index is -0.584. The molecular weight excluding hydrogens is 531 g/mol. The number of aromatic nitrogens is 2. The number of piperazine rings is 1. The monoisotopic (exact) mass is 564 g/mol. The highest BCUT2D eigenvalue weighted by Gasteiger charge is 2.45. The molecule has 7 rings (SSSR count). The molecule has 210 valence electrons. The number of halogens is 2. The summed E-state index contributed by atoms with van der Waals surface area (Å²) in [6.07, 6.45) is 6.74. The first kappa shape index (κ1) is 25.9. The highest BCUT2D eigenvalue weighted by atomic mass is 35.5. The van der Waals surface area contributed by atoms with E-state index in [0.717, 1.165) is 70.3 Å². The van der Waals surface area contributed by atoms with Crippen molar-refractivity contribution in [3.05, 3.63) is 46.2 Å². The molecule has 4 aliphatic rings. The van der Waals surface area contributed by atoms with Gasteiger partial charge in [-0.15, -0.1) is 0 Å². The van der Waals surface area contributed by atoms with Gasteiger partial charge in [-0.05, 0) is 87.9 Å². The number of nitrogens with two attached hydrogens (primary N) is 1. The van der Waals surface area contributed by atoms with Gasteiger partial charge in [0.05, 0.1) is 10.6 Å². The SMILES string of the molecule is Cc1ccc(C(N)=O)cc1-c1c(Cl)cc2c(N3CC4CCC(C3)N4)nc(OCC34CCCN3CCC4)nc2c1F. The van der Waals surface area contributed by atoms with Gasteiger partial charge in [0, 0.05) is 41.7 Å². The number of carbonyl (C=O) groups is 1. The van der Waals surface area contributed by atoms with Crippen molar-refractivity contribution in [2.45, 2.75) is 63.1 Å². The van der Waals surface area contributed by atoms with Crippen LogP contribution < -0.4 is 20.7 Å². The molecule has 4 saturated heterocycles. The van der Waals surface area contributed by atoms with Gasteiger partial charge in [0.1, 0.15) is 17.9 Å². The maximum absolute atomic E-state index is 16.6. The summed E-state index contributed by atoms with van der Waals surface area (Å²) in [5.41, 5.74) is 7.48. The molecular formula is C30H34ClFN6O2. The minimum absolute atomic E-state index is 0.0165. The first-order valence-corrected chi connectivity index (χ1v) is 14.7. The Hall–Kier alpha value is -3.01. The van der Waals surface area contributed by atoms with Crippen molar-refractivity contribution in [1.29, 1.82) is 0 Å². The summed E-state index contributed by atoms with van der Waals surface area (Å²) < 4.78 is 22.9. The molecule has 10 heteroatoms. The molecule has 0 aliphatic carbocycles. The summed E-state index contributed by atoms with van der Waals surface area (Å²) in [6.45, 7) is 6.09. The van der Waals surface area contributed by atoms with Gasteiger partial charge in [0.15, 0.2) is 5.82 Å². The lowest BCUT2D eigenvalue weighted by Crippen LogP contribution is -2.51. The Morgan fingerprint density at radius 1 is 1.18 bits per heavy atom. The fraction of sp³-hybridized carbons (Fsp3) is 0.500. The third-order valence-corrected chi connectivity index (χ3v) is 9.73. The normalized spacial score (nSPS) is 23.6. The molecule has 2 bridgehead atoms. The number of rotatable bonds is 6. The Morgan fingerprint density at radius 3 is 2.60 bits per heavy atom. The average Bonchev–Trinajstić information content (AvgIpc) is 3.61. The highest BCUT2D eigenvalue weighted by molar-refractivity contribution is 6.34. The molecule has 8 nitrogen and oxygen atoms in total. The molecule has 4 fully saturated rings. The van der Waals surface area contributed by atoms with Crippen molar-refractivity contribution >= 4 is 34.2 Å². The van der Waals surface area contributed by atoms with E-state index < -0.39 is 11.7 Å². The van der Waals surface area contributed by atoms with E-state index in [-0.39, 0.29) is 33.2 Å². The number of anilines is 1. The Bertz CT molecular complexity index is 1490. The van der Waals surface area contributed by atoms with Crippen molar-refractivity contribution in [3.63, 3.8) is 0 Å². The summed E-state index contributed by atoms with van der Waals surface area (Å²) in [4.78, 5) is 26.2. The van der Waals surface area contributed by atoms with E-state index in [2.05, 4.69) is 20.1 Å². The smallest absolute Gasteiger partial charge is 0.319 e. The van der Waals surface area contributed by atoms with Crippen LogP contribution in [0.5, 0.6) is 6.01 Å². The highest BCUT2D eigenvalue weighted by Crippen LogP contribution is 2.42. The third kappa shape index (κ3) is 4.30. The number of hydrogen-bond acceptors (Lipinski definition) is 7. The number of benzene rings is 2. The lowest BCUT2D eigenvalue weighted by Gasteiger charge is -2.35. The predicted molar refractivity (Wildman–Crippen MR) is 154 cm³/mol. The fourth-order valence-corrected chi connectivity index (χ4v) is 7.68. The van der Waals surface area contributed by atoms with Gasteiger partial charge in [-0.25, -0.2) is 4.39 Å². The van der Waals surface area contributed by atoms with Gasteiger partial charge >= 0.3 is 6.01 Å². The van der Waals surface area contributed by atoms with E-state index in [0.29, 0.717) is 35.5 Å². The third-order valence-electron chi connectivity index (χ3n) is 9.43. The maximum atomic E-state index is 16.6. The van der Waals surface area contributed by atoms with Crippen LogP contribution in [0.3, 0.4) is 0 Å². The number of carbonyl (C=O) groups excluding carboxylic acids is 1. The van der Waals surface area contributed by atoms with Crippen LogP contribution in [-0.4, -0.2) is 71.2 Å². The standard InChI is InChI=1S/C30H34ClFN6O2/c1-17-4-5-18(27(33)39)12-21(17)24-23(31)13-22-26(25(24)32)35-29(40-16-30-8-2-10-38(30)11-3-9-30)36-28(22)37-14-19-6-7-20(15-37)34-19/h4-5,12-13,19-20,34H,2-3,6-11,14-16H2,1H3,(H2,33,39). The molecule has 4 aliphatic heterocycles. The van der Waals surface area contributed by atoms with Crippen molar-refractivity contribution in [1.82, 2.24) is 20.2 Å². The van der Waals surface area contributed by atoms with Crippen molar-refractivity contribution in [3.8, 4) is 17.1 Å². The van der Waals surface area contributed by atoms with Crippen molar-refractivity contribution < 1.29 is 13.9 Å².